The van der Waals surface area contributed by atoms with E-state index in [1.54, 1.807) is 19.1 Å². The van der Waals surface area contributed by atoms with Gasteiger partial charge in [0, 0.05) is 25.2 Å². The van der Waals surface area contributed by atoms with Crippen molar-refractivity contribution in [3.8, 4) is 0 Å². The Morgan fingerprint density at radius 3 is 2.36 bits per heavy atom. The average Bonchev–Trinajstić information content (AvgIpc) is 2.54. The smallest absolute Gasteiger partial charge is 0.338 e. The van der Waals surface area contributed by atoms with Crippen molar-refractivity contribution >= 4 is 11.9 Å². The predicted molar refractivity (Wildman–Crippen MR) is 95.3 cm³/mol. The summed E-state index contributed by atoms with van der Waals surface area (Å²) < 4.78 is 10.6. The molecule has 0 unspecified atom stereocenters. The molecule has 2 rings (SSSR count). The number of nitrogens with one attached hydrogen (secondary N) is 1. The molecule has 0 aliphatic carbocycles. The number of ether oxygens (including phenoxy) is 2. The maximum atomic E-state index is 12.2. The molecule has 1 aliphatic rings. The van der Waals surface area contributed by atoms with Crippen molar-refractivity contribution in [1.82, 2.24) is 10.2 Å². The zero-order valence-electron chi connectivity index (χ0n) is 15.5. The number of hydrogen-bond acceptors (Lipinski definition) is 5. The third-order valence-corrected chi connectivity index (χ3v) is 3.85. The summed E-state index contributed by atoms with van der Waals surface area (Å²) >= 11 is 0. The highest BCUT2D eigenvalue weighted by Crippen LogP contribution is 2.11. The minimum absolute atomic E-state index is 0.301. The largest absolute Gasteiger partial charge is 0.449 e. The van der Waals surface area contributed by atoms with Crippen LogP contribution in [0, 0.1) is 0 Å². The Bertz CT molecular complexity index is 586. The molecule has 0 bridgehead atoms. The van der Waals surface area contributed by atoms with Crippen molar-refractivity contribution in [3.63, 3.8) is 0 Å². The number of hydrogen-bond donors (Lipinski definition) is 1. The van der Waals surface area contributed by atoms with Gasteiger partial charge in [0.05, 0.1) is 18.8 Å². The van der Waals surface area contributed by atoms with Gasteiger partial charge in [-0.1, -0.05) is 12.1 Å². The first kappa shape index (κ1) is 19.4. The van der Waals surface area contributed by atoms with E-state index in [0.717, 1.165) is 38.4 Å². The number of esters is 1. The number of rotatable bonds is 5. The molecule has 0 saturated carbocycles. The summed E-state index contributed by atoms with van der Waals surface area (Å²) in [5, 5.41) is 2.80. The first-order valence-corrected chi connectivity index (χ1v) is 8.67. The highest BCUT2D eigenvalue weighted by atomic mass is 16.5. The molecule has 1 saturated heterocycles. The minimum atomic E-state index is -0.834. The van der Waals surface area contributed by atoms with E-state index in [1.165, 1.54) is 0 Å². The molecule has 0 radical (unpaired) electrons. The van der Waals surface area contributed by atoms with Crippen molar-refractivity contribution in [2.75, 3.05) is 26.3 Å². The summed E-state index contributed by atoms with van der Waals surface area (Å²) in [6, 6.07) is 7.33. The van der Waals surface area contributed by atoms with Crippen molar-refractivity contribution in [1.29, 1.82) is 0 Å². The van der Waals surface area contributed by atoms with Gasteiger partial charge < -0.3 is 14.8 Å². The van der Waals surface area contributed by atoms with Gasteiger partial charge in [-0.15, -0.1) is 0 Å². The van der Waals surface area contributed by atoms with E-state index in [9.17, 15) is 9.59 Å². The summed E-state index contributed by atoms with van der Waals surface area (Å²) in [7, 11) is 0. The van der Waals surface area contributed by atoms with Crippen LogP contribution in [0.15, 0.2) is 24.3 Å². The molecule has 1 N–H and O–H groups in total. The second-order valence-electron chi connectivity index (χ2n) is 7.37. The normalized spacial score (nSPS) is 17.0. The molecule has 1 fully saturated rings. The SMILES string of the molecule is C[C@@H](OC(=O)c1ccc(CN2CCOCC2)cc1)C(=O)NC(C)(C)C. The van der Waals surface area contributed by atoms with Gasteiger partial charge >= 0.3 is 5.97 Å². The molecular weight excluding hydrogens is 320 g/mol. The van der Waals surface area contributed by atoms with Crippen molar-refractivity contribution < 1.29 is 19.1 Å². The Hall–Kier alpha value is -1.92. The predicted octanol–water partition coefficient (Wildman–Crippen LogP) is 1.98. The fourth-order valence-corrected chi connectivity index (χ4v) is 2.52. The second kappa shape index (κ2) is 8.45. The molecule has 1 aromatic carbocycles. The topological polar surface area (TPSA) is 67.9 Å². The van der Waals surface area contributed by atoms with E-state index in [0.29, 0.717) is 5.56 Å². The lowest BCUT2D eigenvalue weighted by Crippen LogP contribution is -2.46. The van der Waals surface area contributed by atoms with Crippen LogP contribution in [0.25, 0.3) is 0 Å². The standard InChI is InChI=1S/C19H28N2O4/c1-14(17(22)20-19(2,3)4)25-18(23)16-7-5-15(6-8-16)13-21-9-11-24-12-10-21/h5-8,14H,9-13H2,1-4H3,(H,20,22)/t14-/m1/s1. The molecule has 1 atom stereocenters. The van der Waals surface area contributed by atoms with Gasteiger partial charge in [0.1, 0.15) is 0 Å². The maximum absolute atomic E-state index is 12.2. The van der Waals surface area contributed by atoms with Crippen LogP contribution in [0.4, 0.5) is 0 Å². The van der Waals surface area contributed by atoms with Crippen LogP contribution in [0.2, 0.25) is 0 Å². The maximum Gasteiger partial charge on any atom is 0.338 e. The van der Waals surface area contributed by atoms with E-state index in [1.807, 2.05) is 32.9 Å². The molecule has 138 valence electrons. The summed E-state index contributed by atoms with van der Waals surface area (Å²) in [5.41, 5.74) is 1.22. The minimum Gasteiger partial charge on any atom is -0.449 e. The monoisotopic (exact) mass is 348 g/mol. The van der Waals surface area contributed by atoms with Gasteiger partial charge in [-0.05, 0) is 45.4 Å². The summed E-state index contributed by atoms with van der Waals surface area (Å²) in [4.78, 5) is 26.5. The Morgan fingerprint density at radius 1 is 1.20 bits per heavy atom. The van der Waals surface area contributed by atoms with E-state index in [-0.39, 0.29) is 11.4 Å². The number of carbonyl (C=O) groups excluding carboxylic acids is 2. The first-order valence-electron chi connectivity index (χ1n) is 8.67. The third kappa shape index (κ3) is 6.48. The van der Waals surface area contributed by atoms with Gasteiger partial charge in [-0.2, -0.15) is 0 Å². The van der Waals surface area contributed by atoms with Crippen LogP contribution in [-0.4, -0.2) is 54.7 Å². The van der Waals surface area contributed by atoms with E-state index in [2.05, 4.69) is 10.2 Å². The van der Waals surface area contributed by atoms with Crippen LogP contribution >= 0.6 is 0 Å². The van der Waals surface area contributed by atoms with Crippen LogP contribution in [0.3, 0.4) is 0 Å². The second-order valence-corrected chi connectivity index (χ2v) is 7.37. The van der Waals surface area contributed by atoms with Crippen LogP contribution in [-0.2, 0) is 20.8 Å². The molecule has 6 heteroatoms. The van der Waals surface area contributed by atoms with Crippen molar-refractivity contribution in [3.05, 3.63) is 35.4 Å². The fourth-order valence-electron chi connectivity index (χ4n) is 2.52. The number of nitrogens with zero attached hydrogens (tertiary/aromatic N) is 1. The lowest BCUT2D eigenvalue weighted by molar-refractivity contribution is -0.130. The van der Waals surface area contributed by atoms with Gasteiger partial charge in [-0.3, -0.25) is 9.69 Å². The van der Waals surface area contributed by atoms with Gasteiger partial charge in [0.2, 0.25) is 0 Å². The summed E-state index contributed by atoms with van der Waals surface area (Å²) in [6.07, 6.45) is -0.834. The Balaban J connectivity index is 1.88. The number of amides is 1. The first-order chi connectivity index (χ1) is 11.7. The van der Waals surface area contributed by atoms with E-state index >= 15 is 0 Å². The molecule has 1 heterocycles. The molecular formula is C19H28N2O4. The lowest BCUT2D eigenvalue weighted by atomic mass is 10.1. The molecule has 1 amide bonds. The average molecular weight is 348 g/mol. The Labute approximate surface area is 149 Å². The highest BCUT2D eigenvalue weighted by molar-refractivity contribution is 5.92. The van der Waals surface area contributed by atoms with Crippen LogP contribution in [0.1, 0.15) is 43.6 Å². The number of benzene rings is 1. The Kier molecular flexibility index (Phi) is 6.56. The number of morpholine rings is 1. The van der Waals surface area contributed by atoms with E-state index in [4.69, 9.17) is 9.47 Å². The fraction of sp³-hybridized carbons (Fsp3) is 0.579. The molecule has 1 aromatic rings. The summed E-state index contributed by atoms with van der Waals surface area (Å²) in [5.74, 6) is -0.792. The van der Waals surface area contributed by atoms with Gasteiger partial charge in [-0.25, -0.2) is 4.79 Å². The third-order valence-electron chi connectivity index (χ3n) is 3.85. The van der Waals surface area contributed by atoms with Crippen LogP contribution in [0.5, 0.6) is 0 Å². The van der Waals surface area contributed by atoms with E-state index < -0.39 is 12.1 Å². The zero-order chi connectivity index (χ0) is 18.4. The quantitative estimate of drug-likeness (QED) is 0.824. The van der Waals surface area contributed by atoms with Gasteiger partial charge in [0.25, 0.3) is 5.91 Å². The molecule has 1 aliphatic heterocycles. The molecule has 0 spiro atoms. The zero-order valence-corrected chi connectivity index (χ0v) is 15.5. The lowest BCUT2D eigenvalue weighted by Gasteiger charge is -2.26. The van der Waals surface area contributed by atoms with Crippen molar-refractivity contribution in [2.45, 2.75) is 45.9 Å². The molecule has 25 heavy (non-hydrogen) atoms. The van der Waals surface area contributed by atoms with Gasteiger partial charge in [0.15, 0.2) is 6.10 Å². The highest BCUT2D eigenvalue weighted by Gasteiger charge is 2.23. The number of carbonyl (C=O) groups is 2. The molecule has 6 nitrogen and oxygen atoms in total. The van der Waals surface area contributed by atoms with Crippen molar-refractivity contribution in [2.24, 2.45) is 0 Å². The summed E-state index contributed by atoms with van der Waals surface area (Å²) in [6.45, 7) is 11.4. The Morgan fingerprint density at radius 2 is 1.80 bits per heavy atom. The van der Waals surface area contributed by atoms with Crippen LogP contribution < -0.4 is 5.32 Å². The molecule has 0 aromatic heterocycles.